The largest absolute Gasteiger partial charge is 0.319 e. The molecule has 4 nitrogen and oxygen atoms in total. The molecule has 1 aromatic rings. The molecule has 7 heteroatoms. The van der Waals surface area contributed by atoms with E-state index in [2.05, 4.69) is 5.32 Å². The van der Waals surface area contributed by atoms with E-state index in [1.54, 1.807) is 28.2 Å². The van der Waals surface area contributed by atoms with Crippen molar-refractivity contribution in [3.05, 3.63) is 24.3 Å². The number of hydrogen-bond donors (Lipinski definition) is 1. The Morgan fingerprint density at radius 3 is 2.57 bits per heavy atom. The summed E-state index contributed by atoms with van der Waals surface area (Å²) in [5.74, 6) is 0.587. The number of thioether (sulfide) groups is 1. The highest BCUT2D eigenvalue weighted by Gasteiger charge is 2.29. The molecule has 1 saturated heterocycles. The first-order chi connectivity index (χ1) is 9.57. The van der Waals surface area contributed by atoms with Gasteiger partial charge in [-0.25, -0.2) is 8.42 Å². The lowest BCUT2D eigenvalue weighted by Gasteiger charge is -2.31. The Bertz CT molecular complexity index is 544. The molecular formula is C14H23ClN2O2S2. The van der Waals surface area contributed by atoms with Crippen molar-refractivity contribution in [2.24, 2.45) is 5.92 Å². The number of sulfonamides is 1. The summed E-state index contributed by atoms with van der Waals surface area (Å²) in [6.07, 6.45) is 3.82. The zero-order chi connectivity index (χ0) is 14.6. The van der Waals surface area contributed by atoms with Gasteiger partial charge in [0.25, 0.3) is 0 Å². The van der Waals surface area contributed by atoms with E-state index in [0.717, 1.165) is 24.3 Å². The highest BCUT2D eigenvalue weighted by Crippen LogP contribution is 2.25. The zero-order valence-electron chi connectivity index (χ0n) is 12.4. The Morgan fingerprint density at radius 1 is 1.33 bits per heavy atom. The highest BCUT2D eigenvalue weighted by molar-refractivity contribution is 7.98. The molecular weight excluding hydrogens is 328 g/mol. The summed E-state index contributed by atoms with van der Waals surface area (Å²) in [6, 6.07) is 7.20. The van der Waals surface area contributed by atoms with Crippen LogP contribution in [0.3, 0.4) is 0 Å². The van der Waals surface area contributed by atoms with E-state index in [4.69, 9.17) is 0 Å². The monoisotopic (exact) mass is 350 g/mol. The third-order valence-corrected chi connectivity index (χ3v) is 6.37. The fourth-order valence-electron chi connectivity index (χ4n) is 2.55. The van der Waals surface area contributed by atoms with E-state index >= 15 is 0 Å². The Balaban J connectivity index is 0.00000220. The fraction of sp³-hybridized carbons (Fsp3) is 0.571. The van der Waals surface area contributed by atoms with Gasteiger partial charge in [0, 0.05) is 18.0 Å². The van der Waals surface area contributed by atoms with Gasteiger partial charge in [0.05, 0.1) is 4.90 Å². The van der Waals surface area contributed by atoms with Crippen molar-refractivity contribution in [3.63, 3.8) is 0 Å². The van der Waals surface area contributed by atoms with Gasteiger partial charge in [0.2, 0.25) is 10.0 Å². The number of hydrogen-bond acceptors (Lipinski definition) is 4. The number of halogens is 1. The molecule has 2 rings (SSSR count). The second-order valence-corrected chi connectivity index (χ2v) is 7.90. The summed E-state index contributed by atoms with van der Waals surface area (Å²) in [7, 11) is -1.39. The van der Waals surface area contributed by atoms with Crippen molar-refractivity contribution in [1.29, 1.82) is 0 Å². The van der Waals surface area contributed by atoms with Gasteiger partial charge >= 0.3 is 0 Å². The molecule has 0 saturated carbocycles. The van der Waals surface area contributed by atoms with Crippen molar-refractivity contribution in [3.8, 4) is 0 Å². The zero-order valence-corrected chi connectivity index (χ0v) is 14.9. The molecule has 0 radical (unpaired) electrons. The van der Waals surface area contributed by atoms with Crippen LogP contribution in [0.2, 0.25) is 0 Å². The Morgan fingerprint density at radius 2 is 2.00 bits per heavy atom. The minimum Gasteiger partial charge on any atom is -0.319 e. The first-order valence-corrected chi connectivity index (χ1v) is 9.53. The summed E-state index contributed by atoms with van der Waals surface area (Å²) in [5, 5.41) is 3.17. The molecule has 1 N–H and O–H groups in total. The van der Waals surface area contributed by atoms with E-state index in [9.17, 15) is 8.42 Å². The Hall–Kier alpha value is -0.270. The van der Waals surface area contributed by atoms with Crippen LogP contribution in [0, 0.1) is 5.92 Å². The molecule has 1 aromatic carbocycles. The Labute approximate surface area is 138 Å². The summed E-state index contributed by atoms with van der Waals surface area (Å²) in [4.78, 5) is 1.40. The predicted octanol–water partition coefficient (Wildman–Crippen LogP) is 2.45. The Kier molecular flexibility index (Phi) is 7.50. The smallest absolute Gasteiger partial charge is 0.243 e. The topological polar surface area (TPSA) is 49.4 Å². The van der Waals surface area contributed by atoms with Crippen LogP contribution < -0.4 is 5.32 Å². The van der Waals surface area contributed by atoms with Crippen molar-refractivity contribution in [2.45, 2.75) is 22.6 Å². The van der Waals surface area contributed by atoms with Gasteiger partial charge in [0.1, 0.15) is 0 Å². The van der Waals surface area contributed by atoms with Gasteiger partial charge in [0.15, 0.2) is 0 Å². The molecule has 0 atom stereocenters. The van der Waals surface area contributed by atoms with Crippen LogP contribution in [0.1, 0.15) is 12.8 Å². The highest BCUT2D eigenvalue weighted by atomic mass is 35.5. The number of benzene rings is 1. The summed E-state index contributed by atoms with van der Waals surface area (Å²) in [6.45, 7) is 2.21. The lowest BCUT2D eigenvalue weighted by Crippen LogP contribution is -2.40. The van der Waals surface area contributed by atoms with E-state index in [1.807, 2.05) is 25.4 Å². The summed E-state index contributed by atoms with van der Waals surface area (Å²) >= 11 is 1.56. The number of rotatable bonds is 5. The van der Waals surface area contributed by atoms with Crippen molar-refractivity contribution >= 4 is 34.2 Å². The lowest BCUT2D eigenvalue weighted by molar-refractivity contribution is 0.270. The second-order valence-electron chi connectivity index (χ2n) is 5.08. The molecule has 1 heterocycles. The van der Waals surface area contributed by atoms with Gasteiger partial charge < -0.3 is 5.32 Å². The van der Waals surface area contributed by atoms with E-state index in [1.165, 1.54) is 0 Å². The van der Waals surface area contributed by atoms with Crippen LogP contribution in [0.5, 0.6) is 0 Å². The molecule has 0 spiro atoms. The van der Waals surface area contributed by atoms with Crippen molar-refractivity contribution < 1.29 is 8.42 Å². The maximum absolute atomic E-state index is 12.6. The van der Waals surface area contributed by atoms with Crippen LogP contribution >= 0.6 is 24.2 Å². The average Bonchev–Trinajstić information content (AvgIpc) is 2.48. The third-order valence-electron chi connectivity index (χ3n) is 3.75. The minimum absolute atomic E-state index is 0. The molecule has 1 aliphatic rings. The quantitative estimate of drug-likeness (QED) is 0.829. The molecule has 0 unspecified atom stereocenters. The normalized spacial score (nSPS) is 17.4. The van der Waals surface area contributed by atoms with Gasteiger partial charge in [-0.3, -0.25) is 0 Å². The summed E-state index contributed by atoms with van der Waals surface area (Å²) < 4.78 is 26.9. The van der Waals surface area contributed by atoms with E-state index in [-0.39, 0.29) is 12.4 Å². The van der Waals surface area contributed by atoms with E-state index in [0.29, 0.717) is 23.9 Å². The van der Waals surface area contributed by atoms with Crippen molar-refractivity contribution in [2.75, 3.05) is 32.9 Å². The molecule has 1 aliphatic heterocycles. The van der Waals surface area contributed by atoms with Gasteiger partial charge in [-0.1, -0.05) is 6.07 Å². The molecule has 0 aromatic heterocycles. The van der Waals surface area contributed by atoms with Gasteiger partial charge in [-0.15, -0.1) is 24.2 Å². The molecule has 21 heavy (non-hydrogen) atoms. The van der Waals surface area contributed by atoms with Crippen LogP contribution in [-0.4, -0.2) is 45.7 Å². The molecule has 0 bridgehead atoms. The van der Waals surface area contributed by atoms with Crippen LogP contribution in [0.4, 0.5) is 0 Å². The fourth-order valence-corrected chi connectivity index (χ4v) is 4.60. The number of nitrogens with zero attached hydrogens (tertiary/aromatic N) is 1. The lowest BCUT2D eigenvalue weighted by atomic mass is 9.98. The SMILES string of the molecule is CNCC1CCN(S(=O)(=O)c2cccc(SC)c2)CC1.Cl. The third kappa shape index (κ3) is 4.60. The average molecular weight is 351 g/mol. The van der Waals surface area contributed by atoms with Gasteiger partial charge in [-0.05, 0) is 56.8 Å². The molecule has 120 valence electrons. The van der Waals surface area contributed by atoms with Gasteiger partial charge in [-0.2, -0.15) is 4.31 Å². The van der Waals surface area contributed by atoms with E-state index < -0.39 is 10.0 Å². The van der Waals surface area contributed by atoms with Crippen LogP contribution in [0.15, 0.2) is 34.1 Å². The predicted molar refractivity (Wildman–Crippen MR) is 90.9 cm³/mol. The van der Waals surface area contributed by atoms with Crippen molar-refractivity contribution in [1.82, 2.24) is 9.62 Å². The molecule has 0 aliphatic carbocycles. The number of piperidine rings is 1. The molecule has 0 amide bonds. The second kappa shape index (κ2) is 8.39. The first-order valence-electron chi connectivity index (χ1n) is 6.86. The maximum Gasteiger partial charge on any atom is 0.243 e. The minimum atomic E-state index is -3.33. The first kappa shape index (κ1) is 18.8. The molecule has 1 fully saturated rings. The summed E-state index contributed by atoms with van der Waals surface area (Å²) in [5.41, 5.74) is 0. The van der Waals surface area contributed by atoms with Crippen LogP contribution in [0.25, 0.3) is 0 Å². The van der Waals surface area contributed by atoms with Crippen LogP contribution in [-0.2, 0) is 10.0 Å². The number of nitrogens with one attached hydrogen (secondary N) is 1. The maximum atomic E-state index is 12.6. The standard InChI is InChI=1S/C14H22N2O2S2.ClH/c1-15-11-12-6-8-16(9-7-12)20(17,18)14-5-3-4-13(10-14)19-2;/h3-5,10,12,15H,6-9,11H2,1-2H3;1H.